The first-order valence-electron chi connectivity index (χ1n) is 6.99. The van der Waals surface area contributed by atoms with Crippen LogP contribution in [0.4, 0.5) is 18.9 Å². The molecule has 23 heavy (non-hydrogen) atoms. The largest absolute Gasteiger partial charge is 0.416 e. The van der Waals surface area contributed by atoms with Crippen molar-refractivity contribution < 1.29 is 18.0 Å². The lowest BCUT2D eigenvalue weighted by molar-refractivity contribution is -0.137. The molecule has 3 nitrogen and oxygen atoms in total. The van der Waals surface area contributed by atoms with Crippen molar-refractivity contribution in [1.29, 1.82) is 0 Å². The monoisotopic (exact) mass is 340 g/mol. The average Bonchev–Trinajstić information content (AvgIpc) is 3.31. The molecule has 1 saturated carbocycles. The minimum absolute atomic E-state index is 0.201. The van der Waals surface area contributed by atoms with Gasteiger partial charge in [-0.15, -0.1) is 0 Å². The lowest BCUT2D eigenvalue weighted by Crippen LogP contribution is -2.16. The Balaban J connectivity index is 1.81. The second kappa shape index (κ2) is 5.85. The fourth-order valence-corrected chi connectivity index (χ4v) is 2.43. The Bertz CT molecular complexity index is 740. The van der Waals surface area contributed by atoms with Crippen molar-refractivity contribution in [1.82, 2.24) is 4.98 Å². The van der Waals surface area contributed by atoms with Gasteiger partial charge in [0.1, 0.15) is 10.8 Å². The summed E-state index contributed by atoms with van der Waals surface area (Å²) in [6, 6.07) is 7.66. The summed E-state index contributed by atoms with van der Waals surface area (Å²) in [4.78, 5) is 16.4. The molecule has 1 aromatic carbocycles. The van der Waals surface area contributed by atoms with E-state index in [1.807, 2.05) is 0 Å². The van der Waals surface area contributed by atoms with Gasteiger partial charge in [0.25, 0.3) is 5.91 Å². The SMILES string of the molecule is O=C(Nc1ccc(C(F)(F)F)cc1)c1nc(Cl)ccc1C1CC1. The fourth-order valence-electron chi connectivity index (χ4n) is 2.28. The summed E-state index contributed by atoms with van der Waals surface area (Å²) in [6.45, 7) is 0. The highest BCUT2D eigenvalue weighted by Gasteiger charge is 2.31. The van der Waals surface area contributed by atoms with Crippen LogP contribution < -0.4 is 5.32 Å². The van der Waals surface area contributed by atoms with Crippen molar-refractivity contribution in [2.75, 3.05) is 5.32 Å². The van der Waals surface area contributed by atoms with E-state index in [0.717, 1.165) is 30.5 Å². The molecule has 0 atom stereocenters. The lowest BCUT2D eigenvalue weighted by Gasteiger charge is -2.11. The van der Waals surface area contributed by atoms with Crippen LogP contribution in [0.2, 0.25) is 5.15 Å². The quantitative estimate of drug-likeness (QED) is 0.809. The summed E-state index contributed by atoms with van der Waals surface area (Å²) in [5.74, 6) is -0.178. The summed E-state index contributed by atoms with van der Waals surface area (Å²) in [5.41, 5.74) is 0.542. The maximum atomic E-state index is 12.5. The Morgan fingerprint density at radius 2 is 1.78 bits per heavy atom. The molecule has 1 aliphatic carbocycles. The number of nitrogens with one attached hydrogen (secondary N) is 1. The van der Waals surface area contributed by atoms with Crippen molar-refractivity contribution in [2.24, 2.45) is 0 Å². The van der Waals surface area contributed by atoms with Gasteiger partial charge < -0.3 is 5.32 Å². The smallest absolute Gasteiger partial charge is 0.321 e. The van der Waals surface area contributed by atoms with Crippen LogP contribution in [0.3, 0.4) is 0 Å². The predicted octanol–water partition coefficient (Wildman–Crippen LogP) is 4.88. The van der Waals surface area contributed by atoms with Gasteiger partial charge in [-0.1, -0.05) is 17.7 Å². The molecule has 1 aliphatic rings. The standard InChI is InChI=1S/C16H12ClF3N2O/c17-13-8-7-12(9-1-2-9)14(22-13)15(23)21-11-5-3-10(4-6-11)16(18,19)20/h3-9H,1-2H2,(H,21,23). The molecular weight excluding hydrogens is 329 g/mol. The fraction of sp³-hybridized carbons (Fsp3) is 0.250. The van der Waals surface area contributed by atoms with Crippen LogP contribution in [-0.4, -0.2) is 10.9 Å². The van der Waals surface area contributed by atoms with Gasteiger partial charge in [-0.05, 0) is 54.7 Å². The number of aromatic nitrogens is 1. The highest BCUT2D eigenvalue weighted by atomic mass is 35.5. The van der Waals surface area contributed by atoms with E-state index in [4.69, 9.17) is 11.6 Å². The Morgan fingerprint density at radius 1 is 1.13 bits per heavy atom. The zero-order valence-electron chi connectivity index (χ0n) is 11.8. The number of halogens is 4. The van der Waals surface area contributed by atoms with Crippen molar-refractivity contribution >= 4 is 23.2 Å². The first kappa shape index (κ1) is 15.8. The summed E-state index contributed by atoms with van der Waals surface area (Å²) < 4.78 is 37.6. The molecule has 0 aliphatic heterocycles. The molecule has 1 fully saturated rings. The van der Waals surface area contributed by atoms with Crippen LogP contribution in [0.5, 0.6) is 0 Å². The third-order valence-corrected chi connectivity index (χ3v) is 3.81. The molecule has 1 N–H and O–H groups in total. The van der Waals surface area contributed by atoms with Gasteiger partial charge in [0.05, 0.1) is 5.56 Å². The molecule has 0 unspecified atom stereocenters. The summed E-state index contributed by atoms with van der Waals surface area (Å²) >= 11 is 5.84. The molecule has 1 heterocycles. The summed E-state index contributed by atoms with van der Waals surface area (Å²) in [5, 5.41) is 2.76. The molecule has 1 aromatic heterocycles. The number of rotatable bonds is 3. The van der Waals surface area contributed by atoms with Crippen molar-refractivity contribution in [3.05, 3.63) is 58.4 Å². The Kier molecular flexibility index (Phi) is 4.02. The van der Waals surface area contributed by atoms with Crippen LogP contribution in [0.15, 0.2) is 36.4 Å². The number of nitrogens with zero attached hydrogens (tertiary/aromatic N) is 1. The number of hydrogen-bond acceptors (Lipinski definition) is 2. The lowest BCUT2D eigenvalue weighted by atomic mass is 10.1. The van der Waals surface area contributed by atoms with E-state index in [-0.39, 0.29) is 16.5 Å². The molecule has 0 spiro atoms. The van der Waals surface area contributed by atoms with Crippen LogP contribution in [0, 0.1) is 0 Å². The first-order valence-corrected chi connectivity index (χ1v) is 7.37. The molecule has 0 bridgehead atoms. The second-order valence-corrected chi connectivity index (χ2v) is 5.76. The maximum Gasteiger partial charge on any atom is 0.416 e. The zero-order chi connectivity index (χ0) is 16.6. The van der Waals surface area contributed by atoms with E-state index < -0.39 is 17.6 Å². The van der Waals surface area contributed by atoms with E-state index in [0.29, 0.717) is 5.92 Å². The number of alkyl halides is 3. The molecular formula is C16H12ClF3N2O. The van der Waals surface area contributed by atoms with Gasteiger partial charge in [0.2, 0.25) is 0 Å². The van der Waals surface area contributed by atoms with Gasteiger partial charge in [-0.2, -0.15) is 13.2 Å². The number of carbonyl (C=O) groups is 1. The van der Waals surface area contributed by atoms with Gasteiger partial charge in [0, 0.05) is 5.69 Å². The highest BCUT2D eigenvalue weighted by Crippen LogP contribution is 2.41. The van der Waals surface area contributed by atoms with Crippen LogP contribution >= 0.6 is 11.6 Å². The number of anilines is 1. The van der Waals surface area contributed by atoms with E-state index in [1.54, 1.807) is 12.1 Å². The Morgan fingerprint density at radius 3 is 2.35 bits per heavy atom. The van der Waals surface area contributed by atoms with Gasteiger partial charge in [0.15, 0.2) is 0 Å². The van der Waals surface area contributed by atoms with E-state index in [9.17, 15) is 18.0 Å². The third-order valence-electron chi connectivity index (χ3n) is 3.59. The second-order valence-electron chi connectivity index (χ2n) is 5.38. The maximum absolute atomic E-state index is 12.5. The van der Waals surface area contributed by atoms with Gasteiger partial charge in [-0.3, -0.25) is 4.79 Å². The minimum atomic E-state index is -4.41. The average molecular weight is 341 g/mol. The molecule has 2 aromatic rings. The zero-order valence-corrected chi connectivity index (χ0v) is 12.6. The Hall–Kier alpha value is -2.08. The van der Waals surface area contributed by atoms with Gasteiger partial charge >= 0.3 is 6.18 Å². The Labute approximate surface area is 135 Å². The number of carbonyl (C=O) groups excluding carboxylic acids is 1. The van der Waals surface area contributed by atoms with Gasteiger partial charge in [-0.25, -0.2) is 4.98 Å². The van der Waals surface area contributed by atoms with Crippen LogP contribution in [-0.2, 0) is 6.18 Å². The summed E-state index contributed by atoms with van der Waals surface area (Å²) in [7, 11) is 0. The highest BCUT2D eigenvalue weighted by molar-refractivity contribution is 6.29. The molecule has 7 heteroatoms. The molecule has 0 radical (unpaired) electrons. The molecule has 120 valence electrons. The van der Waals surface area contributed by atoms with Crippen molar-refractivity contribution in [3.8, 4) is 0 Å². The van der Waals surface area contributed by atoms with Crippen molar-refractivity contribution in [3.63, 3.8) is 0 Å². The molecule has 1 amide bonds. The number of pyridine rings is 1. The minimum Gasteiger partial charge on any atom is -0.321 e. The topological polar surface area (TPSA) is 42.0 Å². The third kappa shape index (κ3) is 3.64. The predicted molar refractivity (Wildman–Crippen MR) is 80.6 cm³/mol. The van der Waals surface area contributed by atoms with Crippen LogP contribution in [0.25, 0.3) is 0 Å². The first-order chi connectivity index (χ1) is 10.8. The van der Waals surface area contributed by atoms with Crippen LogP contribution in [0.1, 0.15) is 40.4 Å². The molecule has 0 saturated heterocycles. The van der Waals surface area contributed by atoms with E-state index in [2.05, 4.69) is 10.3 Å². The van der Waals surface area contributed by atoms with E-state index >= 15 is 0 Å². The number of hydrogen-bond donors (Lipinski definition) is 1. The number of amides is 1. The summed E-state index contributed by atoms with van der Waals surface area (Å²) in [6.07, 6.45) is -2.43. The number of benzene rings is 1. The van der Waals surface area contributed by atoms with Crippen molar-refractivity contribution in [2.45, 2.75) is 24.9 Å². The molecule has 3 rings (SSSR count). The van der Waals surface area contributed by atoms with E-state index in [1.165, 1.54) is 12.1 Å². The normalized spacial score (nSPS) is 14.6.